The van der Waals surface area contributed by atoms with E-state index >= 15 is 0 Å². The first kappa shape index (κ1) is 13.7. The largest absolute Gasteiger partial charge is 0.311 e. The molecule has 19 heavy (non-hydrogen) atoms. The first-order chi connectivity index (χ1) is 9.25. The zero-order chi connectivity index (χ0) is 13.5. The quantitative estimate of drug-likeness (QED) is 0.806. The second kappa shape index (κ2) is 7.00. The van der Waals surface area contributed by atoms with Gasteiger partial charge in [0.25, 0.3) is 0 Å². The SMILES string of the molecule is Cc1nccc(CNCCC(C)c2ccccc2)n1. The highest BCUT2D eigenvalue weighted by molar-refractivity contribution is 5.18. The van der Waals surface area contributed by atoms with E-state index in [4.69, 9.17) is 0 Å². The normalized spacial score (nSPS) is 12.3. The minimum Gasteiger partial charge on any atom is -0.311 e. The van der Waals surface area contributed by atoms with Crippen LogP contribution in [0.15, 0.2) is 42.6 Å². The lowest BCUT2D eigenvalue weighted by Gasteiger charge is -2.12. The van der Waals surface area contributed by atoms with Crippen LogP contribution in [0, 0.1) is 6.92 Å². The van der Waals surface area contributed by atoms with Crippen molar-refractivity contribution in [2.75, 3.05) is 6.54 Å². The van der Waals surface area contributed by atoms with Crippen molar-refractivity contribution in [3.8, 4) is 0 Å². The third-order valence-electron chi connectivity index (χ3n) is 3.26. The van der Waals surface area contributed by atoms with Crippen LogP contribution in [-0.2, 0) is 6.54 Å². The molecule has 1 aromatic heterocycles. The number of benzene rings is 1. The van der Waals surface area contributed by atoms with Crippen molar-refractivity contribution in [2.24, 2.45) is 0 Å². The number of nitrogens with one attached hydrogen (secondary N) is 1. The van der Waals surface area contributed by atoms with Crippen LogP contribution in [0.2, 0.25) is 0 Å². The Hall–Kier alpha value is -1.74. The third kappa shape index (κ3) is 4.45. The van der Waals surface area contributed by atoms with Crippen molar-refractivity contribution in [1.29, 1.82) is 0 Å². The number of nitrogens with zero attached hydrogens (tertiary/aromatic N) is 2. The van der Waals surface area contributed by atoms with Gasteiger partial charge in [-0.3, -0.25) is 0 Å². The molecular weight excluding hydrogens is 234 g/mol. The average Bonchev–Trinajstić information content (AvgIpc) is 2.44. The van der Waals surface area contributed by atoms with Gasteiger partial charge in [-0.15, -0.1) is 0 Å². The number of hydrogen-bond donors (Lipinski definition) is 1. The minimum atomic E-state index is 0.584. The number of aromatic nitrogens is 2. The summed E-state index contributed by atoms with van der Waals surface area (Å²) in [4.78, 5) is 8.47. The Bertz CT molecular complexity index is 496. The van der Waals surface area contributed by atoms with Gasteiger partial charge in [0.1, 0.15) is 5.82 Å². The Morgan fingerprint density at radius 3 is 2.68 bits per heavy atom. The monoisotopic (exact) mass is 255 g/mol. The van der Waals surface area contributed by atoms with Gasteiger partial charge in [0.2, 0.25) is 0 Å². The molecule has 1 heterocycles. The minimum absolute atomic E-state index is 0.584. The van der Waals surface area contributed by atoms with Gasteiger partial charge in [0.15, 0.2) is 0 Å². The molecule has 2 aromatic rings. The number of hydrogen-bond acceptors (Lipinski definition) is 3. The summed E-state index contributed by atoms with van der Waals surface area (Å²) < 4.78 is 0. The molecule has 0 aliphatic rings. The summed E-state index contributed by atoms with van der Waals surface area (Å²) in [7, 11) is 0. The standard InChI is InChI=1S/C16H21N3/c1-13(15-6-4-3-5-7-15)8-10-17-12-16-9-11-18-14(2)19-16/h3-7,9,11,13,17H,8,10,12H2,1-2H3. The molecule has 2 rings (SSSR count). The Morgan fingerprint density at radius 2 is 1.95 bits per heavy atom. The van der Waals surface area contributed by atoms with Crippen LogP contribution in [0.25, 0.3) is 0 Å². The van der Waals surface area contributed by atoms with E-state index in [0.717, 1.165) is 31.0 Å². The molecule has 1 atom stereocenters. The summed E-state index contributed by atoms with van der Waals surface area (Å²) in [6, 6.07) is 12.6. The summed E-state index contributed by atoms with van der Waals surface area (Å²) in [6.45, 7) is 6.00. The van der Waals surface area contributed by atoms with Crippen LogP contribution in [0.5, 0.6) is 0 Å². The van der Waals surface area contributed by atoms with Crippen molar-refractivity contribution in [2.45, 2.75) is 32.7 Å². The Labute approximate surface area is 115 Å². The molecule has 0 aliphatic carbocycles. The highest BCUT2D eigenvalue weighted by Crippen LogP contribution is 2.17. The lowest BCUT2D eigenvalue weighted by molar-refractivity contribution is 0.588. The topological polar surface area (TPSA) is 37.8 Å². The van der Waals surface area contributed by atoms with Crippen LogP contribution in [-0.4, -0.2) is 16.5 Å². The van der Waals surface area contributed by atoms with E-state index in [-0.39, 0.29) is 0 Å². The maximum Gasteiger partial charge on any atom is 0.125 e. The summed E-state index contributed by atoms with van der Waals surface area (Å²) in [5.41, 5.74) is 2.46. The van der Waals surface area contributed by atoms with E-state index in [0.29, 0.717) is 5.92 Å². The molecule has 0 radical (unpaired) electrons. The molecule has 0 aliphatic heterocycles. The fraction of sp³-hybridized carbons (Fsp3) is 0.375. The van der Waals surface area contributed by atoms with Crippen molar-refractivity contribution in [1.82, 2.24) is 15.3 Å². The van der Waals surface area contributed by atoms with Gasteiger partial charge < -0.3 is 5.32 Å². The predicted octanol–water partition coefficient (Wildman–Crippen LogP) is 3.07. The zero-order valence-corrected chi connectivity index (χ0v) is 11.6. The highest BCUT2D eigenvalue weighted by Gasteiger charge is 2.04. The smallest absolute Gasteiger partial charge is 0.125 e. The molecular formula is C16H21N3. The third-order valence-corrected chi connectivity index (χ3v) is 3.26. The van der Waals surface area contributed by atoms with E-state index in [9.17, 15) is 0 Å². The van der Waals surface area contributed by atoms with E-state index in [2.05, 4.69) is 52.5 Å². The maximum atomic E-state index is 4.37. The summed E-state index contributed by atoms with van der Waals surface area (Å²) in [6.07, 6.45) is 2.94. The highest BCUT2D eigenvalue weighted by atomic mass is 14.9. The fourth-order valence-electron chi connectivity index (χ4n) is 2.09. The summed E-state index contributed by atoms with van der Waals surface area (Å²) in [5, 5.41) is 3.44. The number of rotatable bonds is 6. The van der Waals surface area contributed by atoms with E-state index < -0.39 is 0 Å². The van der Waals surface area contributed by atoms with Crippen LogP contribution in [0.4, 0.5) is 0 Å². The van der Waals surface area contributed by atoms with Gasteiger partial charge in [-0.1, -0.05) is 37.3 Å². The molecule has 1 N–H and O–H groups in total. The molecule has 0 fully saturated rings. The lowest BCUT2D eigenvalue weighted by Crippen LogP contribution is -2.17. The molecule has 0 saturated carbocycles. The van der Waals surface area contributed by atoms with Crippen LogP contribution in [0.1, 0.15) is 36.3 Å². The Balaban J connectivity index is 1.72. The average molecular weight is 255 g/mol. The van der Waals surface area contributed by atoms with Crippen molar-refractivity contribution in [3.05, 3.63) is 59.7 Å². The van der Waals surface area contributed by atoms with Gasteiger partial charge in [-0.2, -0.15) is 0 Å². The van der Waals surface area contributed by atoms with Gasteiger partial charge in [-0.05, 0) is 37.4 Å². The molecule has 100 valence electrons. The van der Waals surface area contributed by atoms with Gasteiger partial charge in [0.05, 0.1) is 5.69 Å². The van der Waals surface area contributed by atoms with Gasteiger partial charge >= 0.3 is 0 Å². The molecule has 0 saturated heterocycles. The van der Waals surface area contributed by atoms with E-state index in [1.165, 1.54) is 5.56 Å². The molecule has 0 spiro atoms. The molecule has 1 unspecified atom stereocenters. The maximum absolute atomic E-state index is 4.37. The molecule has 0 bridgehead atoms. The van der Waals surface area contributed by atoms with Gasteiger partial charge in [0, 0.05) is 12.7 Å². The second-order valence-corrected chi connectivity index (χ2v) is 4.87. The number of aryl methyl sites for hydroxylation is 1. The second-order valence-electron chi connectivity index (χ2n) is 4.87. The van der Waals surface area contributed by atoms with Gasteiger partial charge in [-0.25, -0.2) is 9.97 Å². The van der Waals surface area contributed by atoms with Crippen molar-refractivity contribution < 1.29 is 0 Å². The molecule has 3 nitrogen and oxygen atoms in total. The molecule has 0 amide bonds. The van der Waals surface area contributed by atoms with Crippen LogP contribution >= 0.6 is 0 Å². The zero-order valence-electron chi connectivity index (χ0n) is 11.6. The Kier molecular flexibility index (Phi) is 5.04. The fourth-order valence-corrected chi connectivity index (χ4v) is 2.09. The van der Waals surface area contributed by atoms with Crippen LogP contribution < -0.4 is 5.32 Å². The molecule has 1 aromatic carbocycles. The predicted molar refractivity (Wildman–Crippen MR) is 77.9 cm³/mol. The summed E-state index contributed by atoms with van der Waals surface area (Å²) >= 11 is 0. The Morgan fingerprint density at radius 1 is 1.16 bits per heavy atom. The van der Waals surface area contributed by atoms with E-state index in [1.54, 1.807) is 0 Å². The van der Waals surface area contributed by atoms with Crippen LogP contribution in [0.3, 0.4) is 0 Å². The van der Waals surface area contributed by atoms with E-state index in [1.807, 2.05) is 19.2 Å². The summed E-state index contributed by atoms with van der Waals surface area (Å²) in [5.74, 6) is 1.41. The van der Waals surface area contributed by atoms with Crippen molar-refractivity contribution >= 4 is 0 Å². The lowest BCUT2D eigenvalue weighted by atomic mass is 9.98. The van der Waals surface area contributed by atoms with Crippen molar-refractivity contribution in [3.63, 3.8) is 0 Å². The first-order valence-corrected chi connectivity index (χ1v) is 6.80. The first-order valence-electron chi connectivity index (χ1n) is 6.80. The molecule has 3 heteroatoms.